The van der Waals surface area contributed by atoms with Gasteiger partial charge in [-0.25, -0.2) is 8.42 Å². The highest BCUT2D eigenvalue weighted by molar-refractivity contribution is 7.92. The number of amides is 1. The Kier molecular flexibility index (Phi) is 6.22. The van der Waals surface area contributed by atoms with E-state index < -0.39 is 15.6 Å². The fourth-order valence-electron chi connectivity index (χ4n) is 2.79. The van der Waals surface area contributed by atoms with Gasteiger partial charge in [-0.1, -0.05) is 12.1 Å². The van der Waals surface area contributed by atoms with Gasteiger partial charge in [-0.2, -0.15) is 0 Å². The summed E-state index contributed by atoms with van der Waals surface area (Å²) in [6, 6.07) is 15.9. The lowest BCUT2D eigenvalue weighted by Crippen LogP contribution is -2.26. The summed E-state index contributed by atoms with van der Waals surface area (Å²) in [7, 11) is -2.40. The largest absolute Gasteiger partial charge is 0.497 e. The van der Waals surface area contributed by atoms with Crippen LogP contribution in [-0.4, -0.2) is 26.0 Å². The van der Waals surface area contributed by atoms with E-state index in [9.17, 15) is 18.0 Å². The molecule has 0 saturated carbocycles. The van der Waals surface area contributed by atoms with Crippen molar-refractivity contribution in [1.29, 1.82) is 0 Å². The van der Waals surface area contributed by atoms with E-state index in [1.54, 1.807) is 31.5 Å². The molecule has 1 heterocycles. The molecule has 30 heavy (non-hydrogen) atoms. The molecule has 1 aromatic heterocycles. The number of hydrogen-bond acceptors (Lipinski definition) is 5. The fraction of sp³-hybridized carbons (Fsp3) is 0.143. The molecule has 0 atom stereocenters. The lowest BCUT2D eigenvalue weighted by atomic mass is 10.2. The van der Waals surface area contributed by atoms with Crippen LogP contribution in [0, 0.1) is 0 Å². The number of methoxy groups -OCH3 is 1. The van der Waals surface area contributed by atoms with Crippen molar-refractivity contribution in [3.05, 3.63) is 82.8 Å². The van der Waals surface area contributed by atoms with E-state index in [0.717, 1.165) is 5.56 Å². The van der Waals surface area contributed by atoms with E-state index in [2.05, 4.69) is 10.0 Å². The maximum Gasteiger partial charge on any atom is 0.275 e. The molecule has 2 aromatic carbocycles. The molecular weight excluding hydrogens is 406 g/mol. The van der Waals surface area contributed by atoms with Crippen LogP contribution in [0.1, 0.15) is 12.5 Å². The first-order valence-electron chi connectivity index (χ1n) is 9.01. The molecule has 3 aromatic rings. The van der Waals surface area contributed by atoms with Crippen molar-refractivity contribution >= 4 is 27.3 Å². The molecule has 3 rings (SSSR count). The summed E-state index contributed by atoms with van der Waals surface area (Å²) < 4.78 is 34.2. The number of rotatable bonds is 7. The van der Waals surface area contributed by atoms with Crippen LogP contribution >= 0.6 is 0 Å². The summed E-state index contributed by atoms with van der Waals surface area (Å²) in [6.45, 7) is 1.64. The summed E-state index contributed by atoms with van der Waals surface area (Å²) in [5.74, 6) is 0.447. The van der Waals surface area contributed by atoms with Gasteiger partial charge in [0.1, 0.15) is 11.4 Å². The Hall–Kier alpha value is -3.59. The van der Waals surface area contributed by atoms with Gasteiger partial charge >= 0.3 is 0 Å². The number of hydrogen-bond donors (Lipinski definition) is 2. The zero-order chi connectivity index (χ0) is 21.7. The first-order valence-corrected chi connectivity index (χ1v) is 10.5. The van der Waals surface area contributed by atoms with Crippen molar-refractivity contribution in [3.63, 3.8) is 0 Å². The first kappa shape index (κ1) is 21.1. The molecule has 1 amide bonds. The predicted molar refractivity (Wildman–Crippen MR) is 114 cm³/mol. The maximum atomic E-state index is 12.7. The van der Waals surface area contributed by atoms with Gasteiger partial charge < -0.3 is 14.6 Å². The smallest absolute Gasteiger partial charge is 0.275 e. The summed E-state index contributed by atoms with van der Waals surface area (Å²) in [5, 5.41) is 2.56. The van der Waals surface area contributed by atoms with Gasteiger partial charge in [0.05, 0.1) is 18.6 Å². The van der Waals surface area contributed by atoms with Crippen LogP contribution in [-0.2, 0) is 21.4 Å². The van der Waals surface area contributed by atoms with Crippen LogP contribution in [0.3, 0.4) is 0 Å². The average molecular weight is 427 g/mol. The second-order valence-electron chi connectivity index (χ2n) is 6.51. The lowest BCUT2D eigenvalue weighted by molar-refractivity contribution is -0.114. The number of aromatic nitrogens is 1. The number of nitrogens with one attached hydrogen (secondary N) is 2. The molecular formula is C21H21N3O5S. The third-order valence-corrected chi connectivity index (χ3v) is 5.64. The highest BCUT2D eigenvalue weighted by Crippen LogP contribution is 2.17. The SMILES string of the molecule is COc1ccc(Cn2cccc(NS(=O)(=O)c3ccc(NC(C)=O)cc3)c2=O)cc1. The van der Waals surface area contributed by atoms with Gasteiger partial charge in [0.2, 0.25) is 5.91 Å². The van der Waals surface area contributed by atoms with Crippen LogP contribution in [0.4, 0.5) is 11.4 Å². The molecule has 0 radical (unpaired) electrons. The van der Waals surface area contributed by atoms with Crippen LogP contribution in [0.2, 0.25) is 0 Å². The number of benzene rings is 2. The van der Waals surface area contributed by atoms with E-state index in [4.69, 9.17) is 4.74 Å². The van der Waals surface area contributed by atoms with Crippen molar-refractivity contribution in [2.45, 2.75) is 18.4 Å². The minimum Gasteiger partial charge on any atom is -0.497 e. The average Bonchev–Trinajstić information content (AvgIpc) is 2.71. The molecule has 0 unspecified atom stereocenters. The molecule has 0 bridgehead atoms. The molecule has 156 valence electrons. The first-order chi connectivity index (χ1) is 14.3. The van der Waals surface area contributed by atoms with E-state index in [0.29, 0.717) is 11.4 Å². The van der Waals surface area contributed by atoms with E-state index in [1.807, 2.05) is 12.1 Å². The zero-order valence-electron chi connectivity index (χ0n) is 16.5. The Balaban J connectivity index is 1.81. The second-order valence-corrected chi connectivity index (χ2v) is 8.20. The normalized spacial score (nSPS) is 11.0. The minimum absolute atomic E-state index is 0.0263. The van der Waals surface area contributed by atoms with E-state index >= 15 is 0 Å². The molecule has 0 spiro atoms. The predicted octanol–water partition coefficient (Wildman–Crippen LogP) is 2.66. The topological polar surface area (TPSA) is 106 Å². The molecule has 2 N–H and O–H groups in total. The molecule has 8 nitrogen and oxygen atoms in total. The Morgan fingerprint density at radius 2 is 1.70 bits per heavy atom. The van der Waals surface area contributed by atoms with Crippen molar-refractivity contribution in [3.8, 4) is 5.75 Å². The van der Waals surface area contributed by atoms with Crippen LogP contribution in [0.25, 0.3) is 0 Å². The van der Waals surface area contributed by atoms with Gasteiger partial charge in [0.25, 0.3) is 15.6 Å². The van der Waals surface area contributed by atoms with Gasteiger partial charge in [0, 0.05) is 18.8 Å². The standard InChI is InChI=1S/C21H21N3O5S/c1-15(25)22-17-7-11-19(12-8-17)30(27,28)23-20-4-3-13-24(21(20)26)14-16-5-9-18(29-2)10-6-16/h3-13,23H,14H2,1-2H3,(H,22,25). The number of sulfonamides is 1. The third-order valence-electron chi connectivity index (χ3n) is 4.26. The number of anilines is 2. The summed E-state index contributed by atoms with van der Waals surface area (Å²) in [6.07, 6.45) is 1.59. The van der Waals surface area contributed by atoms with Gasteiger partial charge in [0.15, 0.2) is 0 Å². The summed E-state index contributed by atoms with van der Waals surface area (Å²) in [4.78, 5) is 23.8. The maximum absolute atomic E-state index is 12.7. The van der Waals surface area contributed by atoms with Crippen LogP contribution in [0.5, 0.6) is 5.75 Å². The number of carbonyl (C=O) groups excluding carboxylic acids is 1. The Morgan fingerprint density at radius 1 is 1.03 bits per heavy atom. The van der Waals surface area contributed by atoms with Crippen molar-refractivity contribution in [1.82, 2.24) is 4.57 Å². The van der Waals surface area contributed by atoms with Gasteiger partial charge in [-0.05, 0) is 54.1 Å². The quantitative estimate of drug-likeness (QED) is 0.603. The minimum atomic E-state index is -3.97. The zero-order valence-corrected chi connectivity index (χ0v) is 17.3. The third kappa shape index (κ3) is 5.06. The van der Waals surface area contributed by atoms with Gasteiger partial charge in [-0.3, -0.25) is 14.3 Å². The number of nitrogens with zero attached hydrogens (tertiary/aromatic N) is 1. The Bertz CT molecular complexity index is 1200. The van der Waals surface area contributed by atoms with Crippen molar-refractivity contribution in [2.75, 3.05) is 17.1 Å². The summed E-state index contributed by atoms with van der Waals surface area (Å²) >= 11 is 0. The van der Waals surface area contributed by atoms with Gasteiger partial charge in [-0.15, -0.1) is 0 Å². The second kappa shape index (κ2) is 8.83. The highest BCUT2D eigenvalue weighted by Gasteiger charge is 2.16. The van der Waals surface area contributed by atoms with E-state index in [1.165, 1.54) is 41.8 Å². The molecule has 0 aliphatic rings. The number of ether oxygens (including phenoxy) is 1. The molecule has 9 heteroatoms. The Labute approximate surface area is 174 Å². The molecule has 0 saturated heterocycles. The van der Waals surface area contributed by atoms with Crippen molar-refractivity contribution < 1.29 is 17.9 Å². The number of carbonyl (C=O) groups is 1. The number of pyridine rings is 1. The summed E-state index contributed by atoms with van der Waals surface area (Å²) in [5.41, 5.74) is 0.818. The van der Waals surface area contributed by atoms with Crippen LogP contribution in [0.15, 0.2) is 76.6 Å². The Morgan fingerprint density at radius 3 is 2.30 bits per heavy atom. The highest BCUT2D eigenvalue weighted by atomic mass is 32.2. The van der Waals surface area contributed by atoms with E-state index in [-0.39, 0.29) is 23.0 Å². The fourth-order valence-corrected chi connectivity index (χ4v) is 3.85. The van der Waals surface area contributed by atoms with Crippen LogP contribution < -0.4 is 20.3 Å². The van der Waals surface area contributed by atoms with Crippen molar-refractivity contribution in [2.24, 2.45) is 0 Å². The molecule has 0 fully saturated rings. The molecule has 0 aliphatic heterocycles. The molecule has 0 aliphatic carbocycles. The lowest BCUT2D eigenvalue weighted by Gasteiger charge is -2.11. The monoisotopic (exact) mass is 427 g/mol.